The molecule has 0 N–H and O–H groups in total. The third-order valence-corrected chi connectivity index (χ3v) is 8.96. The fourth-order valence-corrected chi connectivity index (χ4v) is 6.99. The first-order valence-corrected chi connectivity index (χ1v) is 14.9. The summed E-state index contributed by atoms with van der Waals surface area (Å²) in [6.45, 7) is 0. The van der Waals surface area contributed by atoms with Crippen molar-refractivity contribution in [1.82, 2.24) is 4.57 Å². The molecule has 43 heavy (non-hydrogen) atoms. The van der Waals surface area contributed by atoms with Gasteiger partial charge >= 0.3 is 0 Å². The molecule has 9 rings (SSSR count). The Bertz CT molecular complexity index is 2420. The van der Waals surface area contributed by atoms with Gasteiger partial charge in [0.1, 0.15) is 0 Å². The fraction of sp³-hybridized carbons (Fsp3) is 0. The van der Waals surface area contributed by atoms with Gasteiger partial charge in [0.2, 0.25) is 0 Å². The highest BCUT2D eigenvalue weighted by Crippen LogP contribution is 2.38. The minimum absolute atomic E-state index is 1.17. The Morgan fingerprint density at radius 2 is 0.674 bits per heavy atom. The minimum Gasteiger partial charge on any atom is -0.309 e. The standard InChI is InChI=1S/C42H27N/c1-2-17-35-33(15-1)34-16-3-4-18-36(34)40-27-31(23-24-37(35)40)29-12-9-11-28(25-29)30-13-10-14-32(26-30)43-41-21-7-5-19-38(41)39-20-6-8-22-42(39)43/h1-27H. The van der Waals surface area contributed by atoms with E-state index >= 15 is 0 Å². The topological polar surface area (TPSA) is 4.93 Å². The third-order valence-electron chi connectivity index (χ3n) is 8.96. The number of rotatable bonds is 3. The van der Waals surface area contributed by atoms with Gasteiger partial charge in [-0.05, 0) is 91.0 Å². The lowest BCUT2D eigenvalue weighted by atomic mass is 9.91. The molecule has 0 spiro atoms. The number of para-hydroxylation sites is 2. The molecule has 1 aromatic heterocycles. The van der Waals surface area contributed by atoms with E-state index in [1.807, 2.05) is 0 Å². The number of fused-ring (bicyclic) bond motifs is 9. The zero-order chi connectivity index (χ0) is 28.3. The van der Waals surface area contributed by atoms with Gasteiger partial charge in [0.25, 0.3) is 0 Å². The molecule has 0 unspecified atom stereocenters. The third kappa shape index (κ3) is 3.72. The monoisotopic (exact) mass is 545 g/mol. The van der Waals surface area contributed by atoms with Crippen molar-refractivity contribution in [1.29, 1.82) is 0 Å². The van der Waals surface area contributed by atoms with Gasteiger partial charge in [-0.15, -0.1) is 0 Å². The first-order chi connectivity index (χ1) is 21.3. The van der Waals surface area contributed by atoms with Gasteiger partial charge in [-0.3, -0.25) is 0 Å². The number of benzene rings is 8. The quantitative estimate of drug-likeness (QED) is 0.195. The summed E-state index contributed by atoms with van der Waals surface area (Å²) in [5.41, 5.74) is 8.50. The van der Waals surface area contributed by atoms with Crippen LogP contribution < -0.4 is 0 Å². The number of aromatic nitrogens is 1. The fourth-order valence-electron chi connectivity index (χ4n) is 6.99. The van der Waals surface area contributed by atoms with Crippen LogP contribution in [0.2, 0.25) is 0 Å². The van der Waals surface area contributed by atoms with Crippen LogP contribution in [0, 0.1) is 0 Å². The maximum Gasteiger partial charge on any atom is 0.0541 e. The molecule has 9 aromatic rings. The highest BCUT2D eigenvalue weighted by molar-refractivity contribution is 6.25. The van der Waals surface area contributed by atoms with Gasteiger partial charge in [-0.2, -0.15) is 0 Å². The van der Waals surface area contributed by atoms with Crippen molar-refractivity contribution >= 4 is 54.1 Å². The van der Waals surface area contributed by atoms with Crippen LogP contribution >= 0.6 is 0 Å². The maximum absolute atomic E-state index is 2.39. The largest absolute Gasteiger partial charge is 0.309 e. The number of hydrogen-bond donors (Lipinski definition) is 0. The number of nitrogens with zero attached hydrogens (tertiary/aromatic N) is 1. The summed E-state index contributed by atoms with van der Waals surface area (Å²) in [7, 11) is 0. The molecule has 200 valence electrons. The van der Waals surface area contributed by atoms with Crippen molar-refractivity contribution in [2.45, 2.75) is 0 Å². The van der Waals surface area contributed by atoms with E-state index in [2.05, 4.69) is 168 Å². The van der Waals surface area contributed by atoms with E-state index < -0.39 is 0 Å². The molecule has 8 aromatic carbocycles. The van der Waals surface area contributed by atoms with E-state index in [0.29, 0.717) is 0 Å². The molecule has 0 atom stereocenters. The van der Waals surface area contributed by atoms with Crippen LogP contribution in [0.3, 0.4) is 0 Å². The minimum atomic E-state index is 1.17. The molecule has 0 aliphatic carbocycles. The zero-order valence-corrected chi connectivity index (χ0v) is 23.5. The van der Waals surface area contributed by atoms with Crippen molar-refractivity contribution < 1.29 is 0 Å². The lowest BCUT2D eigenvalue weighted by molar-refractivity contribution is 1.18. The Morgan fingerprint density at radius 3 is 1.26 bits per heavy atom. The van der Waals surface area contributed by atoms with Crippen molar-refractivity contribution in [2.75, 3.05) is 0 Å². The Labute approximate surface area is 249 Å². The first-order valence-electron chi connectivity index (χ1n) is 14.9. The molecular formula is C42H27N. The molecule has 0 aliphatic heterocycles. The zero-order valence-electron chi connectivity index (χ0n) is 23.5. The second kappa shape index (κ2) is 9.44. The molecule has 0 radical (unpaired) electrons. The second-order valence-corrected chi connectivity index (χ2v) is 11.4. The van der Waals surface area contributed by atoms with Crippen LogP contribution in [0.1, 0.15) is 0 Å². The predicted octanol–water partition coefficient (Wildman–Crippen LogP) is 11.6. The normalized spacial score (nSPS) is 11.7. The molecule has 1 heteroatoms. The highest BCUT2D eigenvalue weighted by atomic mass is 15.0. The van der Waals surface area contributed by atoms with Crippen molar-refractivity contribution in [3.8, 4) is 27.9 Å². The molecule has 0 amide bonds. The lowest BCUT2D eigenvalue weighted by Crippen LogP contribution is -1.94. The van der Waals surface area contributed by atoms with E-state index in [-0.39, 0.29) is 0 Å². The second-order valence-electron chi connectivity index (χ2n) is 11.4. The van der Waals surface area contributed by atoms with E-state index in [1.54, 1.807) is 0 Å². The van der Waals surface area contributed by atoms with Gasteiger partial charge in [-0.25, -0.2) is 0 Å². The van der Waals surface area contributed by atoms with Gasteiger partial charge in [0, 0.05) is 16.5 Å². The van der Waals surface area contributed by atoms with Crippen molar-refractivity contribution in [3.05, 3.63) is 164 Å². The molecular weight excluding hydrogens is 518 g/mol. The van der Waals surface area contributed by atoms with Crippen LogP contribution in [-0.4, -0.2) is 4.57 Å². The van der Waals surface area contributed by atoms with E-state index in [4.69, 9.17) is 0 Å². The van der Waals surface area contributed by atoms with E-state index in [1.165, 1.54) is 82.1 Å². The van der Waals surface area contributed by atoms with Crippen molar-refractivity contribution in [3.63, 3.8) is 0 Å². The van der Waals surface area contributed by atoms with Crippen LogP contribution in [0.4, 0.5) is 0 Å². The molecule has 0 aliphatic rings. The SMILES string of the molecule is c1cc(-c2cccc(-n3c4ccccc4c4ccccc43)c2)cc(-c2ccc3c4ccccc4c4ccccc4c3c2)c1. The van der Waals surface area contributed by atoms with Crippen LogP contribution in [0.15, 0.2) is 164 Å². The van der Waals surface area contributed by atoms with E-state index in [0.717, 1.165) is 0 Å². The van der Waals surface area contributed by atoms with Gasteiger partial charge in [0.05, 0.1) is 11.0 Å². The van der Waals surface area contributed by atoms with Gasteiger partial charge in [0.15, 0.2) is 0 Å². The van der Waals surface area contributed by atoms with Crippen LogP contribution in [-0.2, 0) is 0 Å². The average Bonchev–Trinajstić information content (AvgIpc) is 3.43. The van der Waals surface area contributed by atoms with E-state index in [9.17, 15) is 0 Å². The predicted molar refractivity (Wildman–Crippen MR) is 184 cm³/mol. The van der Waals surface area contributed by atoms with Crippen LogP contribution in [0.5, 0.6) is 0 Å². The summed E-state index contributed by atoms with van der Waals surface area (Å²) < 4.78 is 2.39. The summed E-state index contributed by atoms with van der Waals surface area (Å²) >= 11 is 0. The molecule has 1 heterocycles. The molecule has 1 nitrogen and oxygen atoms in total. The molecule has 0 saturated carbocycles. The van der Waals surface area contributed by atoms with Gasteiger partial charge in [-0.1, -0.05) is 127 Å². The Morgan fingerprint density at radius 1 is 0.256 bits per heavy atom. The molecule has 0 fully saturated rings. The summed E-state index contributed by atoms with van der Waals surface area (Å²) in [4.78, 5) is 0. The summed E-state index contributed by atoms with van der Waals surface area (Å²) in [6.07, 6.45) is 0. The molecule has 0 bridgehead atoms. The van der Waals surface area contributed by atoms with Crippen molar-refractivity contribution in [2.24, 2.45) is 0 Å². The smallest absolute Gasteiger partial charge is 0.0541 e. The molecule has 0 saturated heterocycles. The Hall–Kier alpha value is -5.66. The first kappa shape index (κ1) is 24.0. The Balaban J connectivity index is 1.19. The highest BCUT2D eigenvalue weighted by Gasteiger charge is 2.13. The Kier molecular flexibility index (Phi) is 5.27. The maximum atomic E-state index is 2.39. The summed E-state index contributed by atoms with van der Waals surface area (Å²) in [5.74, 6) is 0. The number of hydrogen-bond acceptors (Lipinski definition) is 0. The van der Waals surface area contributed by atoms with Crippen LogP contribution in [0.25, 0.3) is 82.1 Å². The summed E-state index contributed by atoms with van der Waals surface area (Å²) in [5, 5.41) is 10.4. The lowest BCUT2D eigenvalue weighted by Gasteiger charge is -2.13. The van der Waals surface area contributed by atoms with Gasteiger partial charge < -0.3 is 4.57 Å². The average molecular weight is 546 g/mol. The summed E-state index contributed by atoms with van der Waals surface area (Å²) in [6, 6.07) is 59.7.